The summed E-state index contributed by atoms with van der Waals surface area (Å²) in [5.41, 5.74) is 2.62. The van der Waals surface area contributed by atoms with E-state index in [-0.39, 0.29) is 11.9 Å². The molecule has 1 heterocycles. The molecule has 18 heavy (non-hydrogen) atoms. The molecule has 2 rings (SSSR count). The maximum Gasteiger partial charge on any atom is 0.128 e. The van der Waals surface area contributed by atoms with E-state index in [9.17, 15) is 4.39 Å². The second-order valence-electron chi connectivity index (χ2n) is 4.20. The molecule has 0 radical (unpaired) electrons. The van der Waals surface area contributed by atoms with E-state index in [0.29, 0.717) is 5.56 Å². The van der Waals surface area contributed by atoms with Gasteiger partial charge in [0.25, 0.3) is 0 Å². The van der Waals surface area contributed by atoms with E-state index in [1.54, 1.807) is 23.0 Å². The van der Waals surface area contributed by atoms with Crippen molar-refractivity contribution >= 4 is 15.9 Å². The Kier molecular flexibility index (Phi) is 3.82. The third kappa shape index (κ3) is 2.33. The Morgan fingerprint density at radius 1 is 1.39 bits per heavy atom. The van der Waals surface area contributed by atoms with E-state index in [2.05, 4.69) is 26.3 Å². The standard InChI is InChI=1S/C13H15BrFN3/c1-8-11(7-17-18(8)3)13(16-2)10-6-9(14)4-5-12(10)15/h4-7,13,16H,1-3H3. The van der Waals surface area contributed by atoms with Crippen LogP contribution in [0.5, 0.6) is 0 Å². The number of nitrogens with one attached hydrogen (secondary N) is 1. The SMILES string of the molecule is CNC(c1cc(Br)ccc1F)c1cnn(C)c1C. The van der Waals surface area contributed by atoms with Crippen LogP contribution in [0.25, 0.3) is 0 Å². The summed E-state index contributed by atoms with van der Waals surface area (Å²) in [7, 11) is 3.69. The van der Waals surface area contributed by atoms with Gasteiger partial charge in [0.05, 0.1) is 12.2 Å². The monoisotopic (exact) mass is 311 g/mol. The van der Waals surface area contributed by atoms with Crippen LogP contribution in [0.1, 0.15) is 22.9 Å². The molecule has 0 saturated heterocycles. The first kappa shape index (κ1) is 13.2. The predicted molar refractivity (Wildman–Crippen MR) is 72.9 cm³/mol. The Morgan fingerprint density at radius 3 is 2.67 bits per heavy atom. The predicted octanol–water partition coefficient (Wildman–Crippen LogP) is 2.94. The molecule has 1 unspecified atom stereocenters. The second kappa shape index (κ2) is 5.20. The summed E-state index contributed by atoms with van der Waals surface area (Å²) in [6, 6.07) is 4.76. The highest BCUT2D eigenvalue weighted by Gasteiger charge is 2.20. The van der Waals surface area contributed by atoms with Crippen molar-refractivity contribution in [3.05, 3.63) is 51.5 Å². The third-order valence-corrected chi connectivity index (χ3v) is 3.64. The summed E-state index contributed by atoms with van der Waals surface area (Å²) in [5.74, 6) is -0.221. The first-order valence-corrected chi connectivity index (χ1v) is 6.44. The van der Waals surface area contributed by atoms with Gasteiger partial charge in [-0.3, -0.25) is 4.68 Å². The molecule has 0 aliphatic rings. The minimum atomic E-state index is -0.221. The summed E-state index contributed by atoms with van der Waals surface area (Å²) >= 11 is 3.37. The molecule has 0 fully saturated rings. The molecule has 0 amide bonds. The van der Waals surface area contributed by atoms with Crippen LogP contribution < -0.4 is 5.32 Å². The van der Waals surface area contributed by atoms with E-state index >= 15 is 0 Å². The fraction of sp³-hybridized carbons (Fsp3) is 0.308. The summed E-state index contributed by atoms with van der Waals surface area (Å²) in [6.07, 6.45) is 1.77. The van der Waals surface area contributed by atoms with Crippen molar-refractivity contribution < 1.29 is 4.39 Å². The van der Waals surface area contributed by atoms with E-state index in [1.165, 1.54) is 6.07 Å². The lowest BCUT2D eigenvalue weighted by atomic mass is 9.99. The molecular formula is C13H15BrFN3. The van der Waals surface area contributed by atoms with Gasteiger partial charge in [-0.05, 0) is 32.2 Å². The van der Waals surface area contributed by atoms with E-state index in [0.717, 1.165) is 15.7 Å². The number of rotatable bonds is 3. The quantitative estimate of drug-likeness (QED) is 0.944. The molecule has 2 aromatic rings. The average molecular weight is 312 g/mol. The van der Waals surface area contributed by atoms with Crippen LogP contribution in [-0.2, 0) is 7.05 Å². The zero-order valence-electron chi connectivity index (χ0n) is 10.5. The van der Waals surface area contributed by atoms with Gasteiger partial charge in [0.15, 0.2) is 0 Å². The third-order valence-electron chi connectivity index (χ3n) is 3.14. The highest BCUT2D eigenvalue weighted by atomic mass is 79.9. The summed E-state index contributed by atoms with van der Waals surface area (Å²) in [4.78, 5) is 0. The zero-order chi connectivity index (χ0) is 13.3. The highest BCUT2D eigenvalue weighted by Crippen LogP contribution is 2.28. The van der Waals surface area contributed by atoms with Crippen molar-refractivity contribution in [2.24, 2.45) is 7.05 Å². The highest BCUT2D eigenvalue weighted by molar-refractivity contribution is 9.10. The normalized spacial score (nSPS) is 12.7. The minimum absolute atomic E-state index is 0.198. The van der Waals surface area contributed by atoms with Crippen LogP contribution in [0.3, 0.4) is 0 Å². The number of halogens is 2. The molecular weight excluding hydrogens is 297 g/mol. The molecule has 1 N–H and O–H groups in total. The van der Waals surface area contributed by atoms with E-state index < -0.39 is 0 Å². The van der Waals surface area contributed by atoms with Crippen molar-refractivity contribution in [3.63, 3.8) is 0 Å². The molecule has 1 aromatic carbocycles. The molecule has 1 atom stereocenters. The van der Waals surface area contributed by atoms with E-state index in [1.807, 2.05) is 21.0 Å². The van der Waals surface area contributed by atoms with Crippen molar-refractivity contribution in [3.8, 4) is 0 Å². The fourth-order valence-electron chi connectivity index (χ4n) is 2.01. The number of nitrogens with zero attached hydrogens (tertiary/aromatic N) is 2. The van der Waals surface area contributed by atoms with Crippen molar-refractivity contribution in [2.75, 3.05) is 7.05 Å². The largest absolute Gasteiger partial charge is 0.309 e. The lowest BCUT2D eigenvalue weighted by molar-refractivity contribution is 0.574. The van der Waals surface area contributed by atoms with E-state index in [4.69, 9.17) is 0 Å². The van der Waals surface area contributed by atoms with Gasteiger partial charge in [0, 0.05) is 28.3 Å². The van der Waals surface area contributed by atoms with Crippen molar-refractivity contribution in [1.29, 1.82) is 0 Å². The lowest BCUT2D eigenvalue weighted by Crippen LogP contribution is -2.19. The number of hydrogen-bond acceptors (Lipinski definition) is 2. The van der Waals surface area contributed by atoms with Gasteiger partial charge in [-0.1, -0.05) is 15.9 Å². The maximum absolute atomic E-state index is 13.9. The molecule has 1 aromatic heterocycles. The van der Waals surface area contributed by atoms with Gasteiger partial charge in [0.2, 0.25) is 0 Å². The molecule has 0 bridgehead atoms. The Balaban J connectivity index is 2.51. The van der Waals surface area contributed by atoms with Gasteiger partial charge in [-0.15, -0.1) is 0 Å². The summed E-state index contributed by atoms with van der Waals surface area (Å²) < 4.78 is 16.6. The minimum Gasteiger partial charge on any atom is -0.309 e. The van der Waals surface area contributed by atoms with Crippen LogP contribution in [0, 0.1) is 12.7 Å². The van der Waals surface area contributed by atoms with Crippen LogP contribution in [-0.4, -0.2) is 16.8 Å². The smallest absolute Gasteiger partial charge is 0.128 e. The maximum atomic E-state index is 13.9. The number of aromatic nitrogens is 2. The summed E-state index contributed by atoms with van der Waals surface area (Å²) in [6.45, 7) is 1.97. The Hall–Kier alpha value is -1.20. The van der Waals surface area contributed by atoms with Gasteiger partial charge in [-0.2, -0.15) is 5.10 Å². The summed E-state index contributed by atoms with van der Waals surface area (Å²) in [5, 5.41) is 7.35. The first-order valence-electron chi connectivity index (χ1n) is 5.65. The van der Waals surface area contributed by atoms with Gasteiger partial charge < -0.3 is 5.32 Å². The molecule has 3 nitrogen and oxygen atoms in total. The molecule has 0 aliphatic carbocycles. The zero-order valence-corrected chi connectivity index (χ0v) is 12.1. The molecule has 0 saturated carbocycles. The second-order valence-corrected chi connectivity index (χ2v) is 5.11. The van der Waals surface area contributed by atoms with Crippen LogP contribution in [0.15, 0.2) is 28.9 Å². The number of hydrogen-bond donors (Lipinski definition) is 1. The lowest BCUT2D eigenvalue weighted by Gasteiger charge is -2.17. The topological polar surface area (TPSA) is 29.9 Å². The number of aryl methyl sites for hydroxylation is 1. The van der Waals surface area contributed by atoms with Gasteiger partial charge >= 0.3 is 0 Å². The molecule has 0 spiro atoms. The first-order chi connectivity index (χ1) is 8.54. The number of benzene rings is 1. The average Bonchev–Trinajstić information content (AvgIpc) is 2.67. The van der Waals surface area contributed by atoms with Gasteiger partial charge in [0.1, 0.15) is 5.82 Å². The van der Waals surface area contributed by atoms with Crippen LogP contribution >= 0.6 is 15.9 Å². The Morgan fingerprint density at radius 2 is 2.11 bits per heavy atom. The van der Waals surface area contributed by atoms with Crippen LogP contribution in [0.4, 0.5) is 4.39 Å². The molecule has 96 valence electrons. The van der Waals surface area contributed by atoms with Crippen molar-refractivity contribution in [2.45, 2.75) is 13.0 Å². The van der Waals surface area contributed by atoms with Crippen LogP contribution in [0.2, 0.25) is 0 Å². The Labute approximate surface area is 114 Å². The van der Waals surface area contributed by atoms with Crippen molar-refractivity contribution in [1.82, 2.24) is 15.1 Å². The van der Waals surface area contributed by atoms with Gasteiger partial charge in [-0.25, -0.2) is 4.39 Å². The molecule has 5 heteroatoms. The molecule has 0 aliphatic heterocycles. The Bertz CT molecular complexity index is 565. The fourth-order valence-corrected chi connectivity index (χ4v) is 2.39.